The number of carbonyl (C=O) groups excluding carboxylic acids is 1. The molecule has 138 valence electrons. The third-order valence-electron chi connectivity index (χ3n) is 4.56. The summed E-state index contributed by atoms with van der Waals surface area (Å²) in [5.74, 6) is 0.692. The molecule has 0 aromatic heterocycles. The molecule has 2 saturated heterocycles. The third kappa shape index (κ3) is 5.97. The molecule has 7 heteroatoms. The van der Waals surface area contributed by atoms with Gasteiger partial charge in [-0.25, -0.2) is 0 Å². The van der Waals surface area contributed by atoms with E-state index in [1.165, 1.54) is 5.56 Å². The molecule has 1 aromatic carbocycles. The van der Waals surface area contributed by atoms with Gasteiger partial charge in [0.25, 0.3) is 5.91 Å². The van der Waals surface area contributed by atoms with Crippen molar-refractivity contribution in [3.8, 4) is 5.75 Å². The number of anilines is 1. The lowest BCUT2D eigenvalue weighted by Crippen LogP contribution is -2.44. The van der Waals surface area contributed by atoms with Gasteiger partial charge >= 0.3 is 0 Å². The number of carbonyl (C=O) groups is 1. The van der Waals surface area contributed by atoms with Crippen molar-refractivity contribution in [3.05, 3.63) is 23.8 Å². The molecule has 0 radical (unpaired) electrons. The molecule has 0 spiro atoms. The van der Waals surface area contributed by atoms with E-state index >= 15 is 0 Å². The average molecular weight is 347 g/mol. The van der Waals surface area contributed by atoms with Crippen molar-refractivity contribution in [1.82, 2.24) is 20.9 Å². The van der Waals surface area contributed by atoms with Crippen LogP contribution in [0.15, 0.2) is 18.2 Å². The van der Waals surface area contributed by atoms with Crippen molar-refractivity contribution in [3.63, 3.8) is 0 Å². The second-order valence-electron chi connectivity index (χ2n) is 6.51. The summed E-state index contributed by atoms with van der Waals surface area (Å²) in [6.45, 7) is 10.1. The van der Waals surface area contributed by atoms with Crippen molar-refractivity contribution < 1.29 is 9.53 Å². The summed E-state index contributed by atoms with van der Waals surface area (Å²) in [4.78, 5) is 13.8. The van der Waals surface area contributed by atoms with E-state index in [1.54, 1.807) is 0 Å². The highest BCUT2D eigenvalue weighted by molar-refractivity contribution is 5.95. The van der Waals surface area contributed by atoms with E-state index in [2.05, 4.69) is 32.2 Å². The summed E-state index contributed by atoms with van der Waals surface area (Å²) in [7, 11) is 0. The molecule has 4 N–H and O–H groups in total. The van der Waals surface area contributed by atoms with Crippen molar-refractivity contribution >= 4 is 11.6 Å². The van der Waals surface area contributed by atoms with Crippen LogP contribution in [0.5, 0.6) is 5.75 Å². The Morgan fingerprint density at radius 3 is 2.32 bits per heavy atom. The van der Waals surface area contributed by atoms with Crippen LogP contribution >= 0.6 is 0 Å². The van der Waals surface area contributed by atoms with Crippen LogP contribution in [-0.4, -0.2) is 76.3 Å². The van der Waals surface area contributed by atoms with Gasteiger partial charge in [-0.3, -0.25) is 4.79 Å². The van der Waals surface area contributed by atoms with E-state index in [0.29, 0.717) is 0 Å². The fraction of sp³-hybridized carbons (Fsp3) is 0.611. The molecular formula is C18H29N5O2. The number of piperazine rings is 2. The van der Waals surface area contributed by atoms with Crippen LogP contribution in [0, 0.1) is 0 Å². The van der Waals surface area contributed by atoms with Crippen LogP contribution in [0.2, 0.25) is 0 Å². The first-order valence-corrected chi connectivity index (χ1v) is 9.21. The molecule has 1 amide bonds. The number of nitrogens with one attached hydrogen (secondary N) is 4. The number of hydrogen-bond acceptors (Lipinski definition) is 6. The standard InChI is InChI=1S/C14H19N3O2.C4H10N2/c18-14-10-19-13-2-1-11(9-12(13)16-14)3-6-17-7-4-15-5-8-17;1-2-6-4-3-5-1/h1-2,9,15H,3-8,10H2,(H,16,18);5-6H,1-4H2. The Labute approximate surface area is 149 Å². The van der Waals surface area contributed by atoms with Crippen LogP contribution in [0.25, 0.3) is 0 Å². The summed E-state index contributed by atoms with van der Waals surface area (Å²) in [6.07, 6.45) is 1.00. The molecule has 25 heavy (non-hydrogen) atoms. The van der Waals surface area contributed by atoms with Gasteiger partial charge in [0.05, 0.1) is 5.69 Å². The van der Waals surface area contributed by atoms with E-state index in [9.17, 15) is 4.79 Å². The minimum Gasteiger partial charge on any atom is -0.482 e. The van der Waals surface area contributed by atoms with Gasteiger partial charge in [-0.1, -0.05) is 6.07 Å². The number of nitrogens with zero attached hydrogens (tertiary/aromatic N) is 1. The normalized spacial score (nSPS) is 20.6. The number of fused-ring (bicyclic) bond motifs is 1. The Morgan fingerprint density at radius 2 is 1.64 bits per heavy atom. The van der Waals surface area contributed by atoms with E-state index in [0.717, 1.165) is 76.8 Å². The fourth-order valence-electron chi connectivity index (χ4n) is 3.11. The highest BCUT2D eigenvalue weighted by atomic mass is 16.5. The smallest absolute Gasteiger partial charge is 0.262 e. The molecule has 0 saturated carbocycles. The van der Waals surface area contributed by atoms with Crippen LogP contribution in [-0.2, 0) is 11.2 Å². The fourth-order valence-corrected chi connectivity index (χ4v) is 3.11. The lowest BCUT2D eigenvalue weighted by atomic mass is 10.1. The van der Waals surface area contributed by atoms with Gasteiger partial charge in [-0.15, -0.1) is 0 Å². The number of hydrogen-bond donors (Lipinski definition) is 4. The van der Waals surface area contributed by atoms with Crippen molar-refractivity contribution in [1.29, 1.82) is 0 Å². The molecule has 3 aliphatic heterocycles. The Morgan fingerprint density at radius 1 is 0.960 bits per heavy atom. The zero-order valence-corrected chi connectivity index (χ0v) is 14.8. The predicted octanol–water partition coefficient (Wildman–Crippen LogP) is -0.356. The van der Waals surface area contributed by atoms with E-state index in [4.69, 9.17) is 4.74 Å². The van der Waals surface area contributed by atoms with Gasteiger partial charge in [0, 0.05) is 58.9 Å². The van der Waals surface area contributed by atoms with Gasteiger partial charge in [0.15, 0.2) is 6.61 Å². The minimum atomic E-state index is -0.0771. The quantitative estimate of drug-likeness (QED) is 0.599. The zero-order valence-electron chi connectivity index (χ0n) is 14.8. The summed E-state index contributed by atoms with van der Waals surface area (Å²) < 4.78 is 5.35. The van der Waals surface area contributed by atoms with E-state index < -0.39 is 0 Å². The van der Waals surface area contributed by atoms with Crippen LogP contribution in [0.1, 0.15) is 5.56 Å². The Balaban J connectivity index is 0.000000258. The maximum Gasteiger partial charge on any atom is 0.262 e. The first-order chi connectivity index (χ1) is 12.3. The number of ether oxygens (including phenoxy) is 1. The molecule has 0 aliphatic carbocycles. The molecule has 7 nitrogen and oxygen atoms in total. The monoisotopic (exact) mass is 347 g/mol. The van der Waals surface area contributed by atoms with E-state index in [-0.39, 0.29) is 12.5 Å². The first-order valence-electron chi connectivity index (χ1n) is 9.21. The zero-order chi connectivity index (χ0) is 17.3. The Kier molecular flexibility index (Phi) is 7.05. The second-order valence-corrected chi connectivity index (χ2v) is 6.51. The number of benzene rings is 1. The highest BCUT2D eigenvalue weighted by Crippen LogP contribution is 2.28. The molecule has 0 bridgehead atoms. The van der Waals surface area contributed by atoms with Gasteiger partial charge in [-0.05, 0) is 24.1 Å². The maximum atomic E-state index is 11.3. The van der Waals surface area contributed by atoms with Crippen LogP contribution in [0.4, 0.5) is 5.69 Å². The predicted molar refractivity (Wildman–Crippen MR) is 99.3 cm³/mol. The van der Waals surface area contributed by atoms with Crippen LogP contribution in [0.3, 0.4) is 0 Å². The summed E-state index contributed by atoms with van der Waals surface area (Å²) in [5, 5.41) is 12.6. The van der Waals surface area contributed by atoms with Crippen molar-refractivity contribution in [2.45, 2.75) is 6.42 Å². The summed E-state index contributed by atoms with van der Waals surface area (Å²) >= 11 is 0. The van der Waals surface area contributed by atoms with Gasteiger partial charge in [0.1, 0.15) is 5.75 Å². The Hall–Kier alpha value is -1.67. The SMILES string of the molecule is C1CNCCN1.O=C1COc2ccc(CCN3CCNCC3)cc2N1. The lowest BCUT2D eigenvalue weighted by Gasteiger charge is -2.27. The summed E-state index contributed by atoms with van der Waals surface area (Å²) in [5.41, 5.74) is 2.04. The van der Waals surface area contributed by atoms with Gasteiger partial charge in [0.2, 0.25) is 0 Å². The van der Waals surface area contributed by atoms with Crippen LogP contribution < -0.4 is 26.0 Å². The number of rotatable bonds is 3. The maximum absolute atomic E-state index is 11.3. The lowest BCUT2D eigenvalue weighted by molar-refractivity contribution is -0.118. The molecule has 2 fully saturated rings. The molecule has 0 unspecified atom stereocenters. The van der Waals surface area contributed by atoms with Gasteiger partial charge < -0.3 is 30.9 Å². The van der Waals surface area contributed by atoms with Gasteiger partial charge in [-0.2, -0.15) is 0 Å². The average Bonchev–Trinajstić information content (AvgIpc) is 2.69. The largest absolute Gasteiger partial charge is 0.482 e. The van der Waals surface area contributed by atoms with E-state index in [1.807, 2.05) is 12.1 Å². The van der Waals surface area contributed by atoms with Crippen molar-refractivity contribution in [2.75, 3.05) is 70.8 Å². The summed E-state index contributed by atoms with van der Waals surface area (Å²) in [6, 6.07) is 6.05. The second kappa shape index (κ2) is 9.72. The number of amides is 1. The molecule has 3 aliphatic rings. The van der Waals surface area contributed by atoms with Crippen molar-refractivity contribution in [2.24, 2.45) is 0 Å². The highest BCUT2D eigenvalue weighted by Gasteiger charge is 2.16. The minimum absolute atomic E-state index is 0.0771. The molecular weight excluding hydrogens is 318 g/mol. The first kappa shape index (κ1) is 18.1. The molecule has 4 rings (SSSR count). The topological polar surface area (TPSA) is 77.7 Å². The Bertz CT molecular complexity index is 545. The molecule has 1 aromatic rings. The third-order valence-corrected chi connectivity index (χ3v) is 4.56. The molecule has 3 heterocycles. The molecule has 0 atom stereocenters.